The number of anilines is 1. The molecule has 0 fully saturated rings. The number of nitrogens with zero attached hydrogens (tertiary/aromatic N) is 1. The van der Waals surface area contributed by atoms with Crippen molar-refractivity contribution in [1.29, 1.82) is 0 Å². The van der Waals surface area contributed by atoms with Crippen molar-refractivity contribution in [2.45, 2.75) is 25.4 Å². The molecule has 1 heterocycles. The SMILES string of the molecule is Nc1ccc2c(c1)CN(C(=O)C1Cc3ccccc31)C2. The van der Waals surface area contributed by atoms with Crippen LogP contribution >= 0.6 is 0 Å². The van der Waals surface area contributed by atoms with E-state index in [0.717, 1.165) is 12.1 Å². The minimum Gasteiger partial charge on any atom is -0.399 e. The molecule has 1 unspecified atom stereocenters. The monoisotopic (exact) mass is 264 g/mol. The lowest BCUT2D eigenvalue weighted by Crippen LogP contribution is -2.36. The number of hydrogen-bond donors (Lipinski definition) is 1. The summed E-state index contributed by atoms with van der Waals surface area (Å²) in [7, 11) is 0. The Morgan fingerprint density at radius 2 is 1.85 bits per heavy atom. The molecule has 20 heavy (non-hydrogen) atoms. The van der Waals surface area contributed by atoms with E-state index < -0.39 is 0 Å². The van der Waals surface area contributed by atoms with E-state index in [4.69, 9.17) is 5.73 Å². The van der Waals surface area contributed by atoms with Crippen LogP contribution in [0.5, 0.6) is 0 Å². The predicted molar refractivity (Wildman–Crippen MR) is 78.0 cm³/mol. The highest BCUT2D eigenvalue weighted by Gasteiger charge is 2.36. The summed E-state index contributed by atoms with van der Waals surface area (Å²) >= 11 is 0. The Balaban J connectivity index is 1.55. The number of rotatable bonds is 1. The molecule has 2 aromatic carbocycles. The van der Waals surface area contributed by atoms with Gasteiger partial charge in [-0.1, -0.05) is 30.3 Å². The molecule has 1 aliphatic carbocycles. The van der Waals surface area contributed by atoms with Crippen LogP contribution in [0.1, 0.15) is 28.2 Å². The van der Waals surface area contributed by atoms with Crippen LogP contribution in [0, 0.1) is 0 Å². The third-order valence-corrected chi connectivity index (χ3v) is 4.42. The van der Waals surface area contributed by atoms with Gasteiger partial charge in [0.1, 0.15) is 0 Å². The summed E-state index contributed by atoms with van der Waals surface area (Å²) in [5, 5.41) is 0. The molecule has 0 saturated heterocycles. The Bertz CT molecular complexity index is 708. The Morgan fingerprint density at radius 3 is 2.70 bits per heavy atom. The van der Waals surface area contributed by atoms with E-state index >= 15 is 0 Å². The molecule has 0 saturated carbocycles. The van der Waals surface area contributed by atoms with Gasteiger partial charge in [-0.15, -0.1) is 0 Å². The zero-order valence-corrected chi connectivity index (χ0v) is 11.2. The summed E-state index contributed by atoms with van der Waals surface area (Å²) in [6.45, 7) is 1.41. The first-order valence-electron chi connectivity index (χ1n) is 6.96. The van der Waals surface area contributed by atoms with Crippen molar-refractivity contribution in [2.24, 2.45) is 0 Å². The van der Waals surface area contributed by atoms with Crippen LogP contribution in [0.2, 0.25) is 0 Å². The Kier molecular flexibility index (Phi) is 2.36. The number of hydrogen-bond acceptors (Lipinski definition) is 2. The summed E-state index contributed by atoms with van der Waals surface area (Å²) in [5.41, 5.74) is 11.5. The lowest BCUT2D eigenvalue weighted by atomic mass is 9.77. The lowest BCUT2D eigenvalue weighted by molar-refractivity contribution is -0.134. The van der Waals surface area contributed by atoms with E-state index in [9.17, 15) is 4.79 Å². The van der Waals surface area contributed by atoms with Crippen molar-refractivity contribution >= 4 is 11.6 Å². The van der Waals surface area contributed by atoms with Gasteiger partial charge in [0.15, 0.2) is 0 Å². The standard InChI is InChI=1S/C17H16N2O/c18-14-6-5-12-9-19(10-13(12)7-14)17(20)16-8-11-3-1-2-4-15(11)16/h1-7,16H,8-10,18H2. The second kappa shape index (κ2) is 4.10. The van der Waals surface area contributed by atoms with Gasteiger partial charge in [-0.2, -0.15) is 0 Å². The van der Waals surface area contributed by atoms with Crippen LogP contribution in [-0.4, -0.2) is 10.8 Å². The van der Waals surface area contributed by atoms with Gasteiger partial charge in [-0.25, -0.2) is 0 Å². The summed E-state index contributed by atoms with van der Waals surface area (Å²) in [5.74, 6) is 0.302. The summed E-state index contributed by atoms with van der Waals surface area (Å²) in [6, 6.07) is 14.2. The van der Waals surface area contributed by atoms with Gasteiger partial charge in [0.05, 0.1) is 5.92 Å². The molecule has 2 aliphatic rings. The van der Waals surface area contributed by atoms with Crippen LogP contribution < -0.4 is 5.73 Å². The maximum Gasteiger partial charge on any atom is 0.231 e. The molecule has 1 atom stereocenters. The van der Waals surface area contributed by atoms with Gasteiger partial charge < -0.3 is 10.6 Å². The van der Waals surface area contributed by atoms with E-state index in [1.807, 2.05) is 35.2 Å². The Morgan fingerprint density at radius 1 is 1.05 bits per heavy atom. The molecule has 100 valence electrons. The normalized spacial score (nSPS) is 19.2. The van der Waals surface area contributed by atoms with Crippen LogP contribution in [0.15, 0.2) is 42.5 Å². The van der Waals surface area contributed by atoms with Crippen LogP contribution in [0.4, 0.5) is 5.69 Å². The van der Waals surface area contributed by atoms with E-state index in [1.54, 1.807) is 0 Å². The fraction of sp³-hybridized carbons (Fsp3) is 0.235. The highest BCUT2D eigenvalue weighted by atomic mass is 16.2. The molecule has 1 aliphatic heterocycles. The number of fused-ring (bicyclic) bond motifs is 2. The molecule has 3 heteroatoms. The summed E-state index contributed by atoms with van der Waals surface area (Å²) in [4.78, 5) is 14.6. The van der Waals surface area contributed by atoms with Gasteiger partial charge >= 0.3 is 0 Å². The molecule has 1 amide bonds. The predicted octanol–water partition coefficient (Wildman–Crippen LogP) is 2.45. The lowest BCUT2D eigenvalue weighted by Gasteiger charge is -2.32. The third kappa shape index (κ3) is 1.63. The number of amides is 1. The van der Waals surface area contributed by atoms with Gasteiger partial charge in [0.2, 0.25) is 5.91 Å². The fourth-order valence-corrected chi connectivity index (χ4v) is 3.27. The van der Waals surface area contributed by atoms with Crippen molar-refractivity contribution < 1.29 is 4.79 Å². The largest absolute Gasteiger partial charge is 0.399 e. The molecule has 2 N–H and O–H groups in total. The highest BCUT2D eigenvalue weighted by Crippen LogP contribution is 2.38. The Hall–Kier alpha value is -2.29. The molecular weight excluding hydrogens is 248 g/mol. The average Bonchev–Trinajstić information content (AvgIpc) is 2.83. The number of nitrogen functional groups attached to an aromatic ring is 1. The third-order valence-electron chi connectivity index (χ3n) is 4.42. The van der Waals surface area contributed by atoms with Crippen LogP contribution in [-0.2, 0) is 24.3 Å². The van der Waals surface area contributed by atoms with Gasteiger partial charge in [-0.3, -0.25) is 4.79 Å². The maximum atomic E-state index is 12.6. The second-order valence-electron chi connectivity index (χ2n) is 5.68. The van der Waals surface area contributed by atoms with Crippen molar-refractivity contribution in [3.63, 3.8) is 0 Å². The molecule has 4 rings (SSSR count). The quantitative estimate of drug-likeness (QED) is 0.804. The van der Waals surface area contributed by atoms with Crippen molar-refractivity contribution in [3.8, 4) is 0 Å². The van der Waals surface area contributed by atoms with Crippen LogP contribution in [0.25, 0.3) is 0 Å². The second-order valence-corrected chi connectivity index (χ2v) is 5.68. The van der Waals surface area contributed by atoms with Gasteiger partial charge in [0.25, 0.3) is 0 Å². The molecule has 2 aromatic rings. The van der Waals surface area contributed by atoms with Crippen LogP contribution in [0.3, 0.4) is 0 Å². The van der Waals surface area contributed by atoms with E-state index in [1.165, 1.54) is 22.3 Å². The first kappa shape index (κ1) is 11.5. The highest BCUT2D eigenvalue weighted by molar-refractivity contribution is 5.87. The van der Waals surface area contributed by atoms with Crippen molar-refractivity contribution in [3.05, 3.63) is 64.7 Å². The average molecular weight is 264 g/mol. The summed E-state index contributed by atoms with van der Waals surface area (Å²) in [6.07, 6.45) is 0.879. The minimum atomic E-state index is 0.0536. The molecule has 0 bridgehead atoms. The molecule has 0 aromatic heterocycles. The number of carbonyl (C=O) groups is 1. The number of benzene rings is 2. The molecule has 3 nitrogen and oxygen atoms in total. The van der Waals surface area contributed by atoms with Gasteiger partial charge in [-0.05, 0) is 40.8 Å². The zero-order chi connectivity index (χ0) is 13.7. The Labute approximate surface area is 118 Å². The summed E-state index contributed by atoms with van der Waals surface area (Å²) < 4.78 is 0. The van der Waals surface area contributed by atoms with E-state index in [2.05, 4.69) is 12.1 Å². The topological polar surface area (TPSA) is 46.3 Å². The fourth-order valence-electron chi connectivity index (χ4n) is 3.27. The van der Waals surface area contributed by atoms with Crippen molar-refractivity contribution in [2.75, 3.05) is 5.73 Å². The molecule has 0 spiro atoms. The molecular formula is C17H16N2O. The smallest absolute Gasteiger partial charge is 0.231 e. The first-order valence-corrected chi connectivity index (χ1v) is 6.96. The number of carbonyl (C=O) groups excluding carboxylic acids is 1. The molecule has 0 radical (unpaired) electrons. The zero-order valence-electron chi connectivity index (χ0n) is 11.2. The van der Waals surface area contributed by atoms with Crippen molar-refractivity contribution in [1.82, 2.24) is 4.90 Å². The number of nitrogens with two attached hydrogens (primary N) is 1. The van der Waals surface area contributed by atoms with E-state index in [-0.39, 0.29) is 11.8 Å². The van der Waals surface area contributed by atoms with E-state index in [0.29, 0.717) is 13.1 Å². The van der Waals surface area contributed by atoms with Gasteiger partial charge in [0, 0.05) is 18.8 Å². The maximum absolute atomic E-state index is 12.6. The first-order chi connectivity index (χ1) is 9.72. The minimum absolute atomic E-state index is 0.0536.